The Balaban J connectivity index is 1.39. The summed E-state index contributed by atoms with van der Waals surface area (Å²) >= 11 is 5.72. The van der Waals surface area contributed by atoms with Gasteiger partial charge in [-0.1, -0.05) is 18.2 Å². The second-order valence-electron chi connectivity index (χ2n) is 7.69. The Morgan fingerprint density at radius 3 is 2.16 bits per heavy atom. The first-order chi connectivity index (χ1) is 15.6. The minimum absolute atomic E-state index is 0.0211. The third-order valence-electron chi connectivity index (χ3n) is 5.85. The van der Waals surface area contributed by atoms with Crippen molar-refractivity contribution in [2.24, 2.45) is 0 Å². The molecule has 1 amide bonds. The lowest BCUT2D eigenvalue weighted by Gasteiger charge is -2.31. The summed E-state index contributed by atoms with van der Waals surface area (Å²) in [6.45, 7) is 0.552. The van der Waals surface area contributed by atoms with E-state index in [9.17, 15) is 4.79 Å². The van der Waals surface area contributed by atoms with Gasteiger partial charge in [0.05, 0.1) is 19.9 Å². The fraction of sp³-hybridized carbons (Fsp3) is 0.200. The largest absolute Gasteiger partial charge is 0.493 e. The molecule has 6 nitrogen and oxygen atoms in total. The molecule has 2 aliphatic heterocycles. The van der Waals surface area contributed by atoms with E-state index in [-0.39, 0.29) is 11.9 Å². The highest BCUT2D eigenvalue weighted by Gasteiger charge is 2.45. The summed E-state index contributed by atoms with van der Waals surface area (Å²) in [6.07, 6.45) is 0.570. The highest BCUT2D eigenvalue weighted by Crippen LogP contribution is 2.38. The molecule has 3 aromatic rings. The van der Waals surface area contributed by atoms with Gasteiger partial charge < -0.3 is 19.1 Å². The summed E-state index contributed by atoms with van der Waals surface area (Å²) in [5.74, 6) is 2.77. The first-order valence-electron chi connectivity index (χ1n) is 10.3. The lowest BCUT2D eigenvalue weighted by Crippen LogP contribution is -2.40. The van der Waals surface area contributed by atoms with Gasteiger partial charge in [0.1, 0.15) is 17.5 Å². The zero-order chi connectivity index (χ0) is 22.2. The fourth-order valence-electron chi connectivity index (χ4n) is 4.23. The molecule has 0 aromatic heterocycles. The molecule has 0 radical (unpaired) electrons. The van der Waals surface area contributed by atoms with Crippen LogP contribution in [-0.2, 0) is 17.8 Å². The Morgan fingerprint density at radius 1 is 0.875 bits per heavy atom. The number of benzene rings is 3. The average molecular weight is 447 g/mol. The van der Waals surface area contributed by atoms with Crippen LogP contribution < -0.4 is 19.1 Å². The number of nitrogens with zero attached hydrogens (tertiary/aromatic N) is 2. The van der Waals surface area contributed by atoms with Gasteiger partial charge in [0.25, 0.3) is 5.91 Å². The molecule has 0 saturated carbocycles. The van der Waals surface area contributed by atoms with E-state index in [2.05, 4.69) is 0 Å². The van der Waals surface area contributed by atoms with E-state index in [1.165, 1.54) is 0 Å². The van der Waals surface area contributed by atoms with Crippen molar-refractivity contribution in [1.29, 1.82) is 0 Å². The van der Waals surface area contributed by atoms with Crippen LogP contribution in [0.15, 0.2) is 66.7 Å². The summed E-state index contributed by atoms with van der Waals surface area (Å²) in [7, 11) is 3.23. The van der Waals surface area contributed by atoms with E-state index < -0.39 is 0 Å². The van der Waals surface area contributed by atoms with E-state index in [1.807, 2.05) is 71.6 Å². The number of carbonyl (C=O) groups excluding carboxylic acids is 1. The number of amides is 1. The molecular weight excluding hydrogens is 424 g/mol. The molecule has 3 aromatic carbocycles. The molecular formula is C25H22N2O4S. The van der Waals surface area contributed by atoms with Crippen molar-refractivity contribution < 1.29 is 19.0 Å². The Labute approximate surface area is 191 Å². The van der Waals surface area contributed by atoms with Crippen molar-refractivity contribution in [3.05, 3.63) is 77.9 Å². The molecule has 32 heavy (non-hydrogen) atoms. The molecule has 162 valence electrons. The summed E-state index contributed by atoms with van der Waals surface area (Å²) in [6, 6.07) is 20.6. The smallest absolute Gasteiger partial charge is 0.256 e. The Hall–Kier alpha value is -3.58. The maximum atomic E-state index is 13.3. The lowest BCUT2D eigenvalue weighted by atomic mass is 9.94. The topological polar surface area (TPSA) is 51.2 Å². The fourth-order valence-corrected chi connectivity index (χ4v) is 4.62. The summed E-state index contributed by atoms with van der Waals surface area (Å²) in [5.41, 5.74) is 2.89. The summed E-state index contributed by atoms with van der Waals surface area (Å²) in [5, 5.41) is 0.511. The predicted octanol–water partition coefficient (Wildman–Crippen LogP) is 4.55. The molecule has 0 N–H and O–H groups in total. The Bertz CT molecular complexity index is 1130. The van der Waals surface area contributed by atoms with Gasteiger partial charge in [0.15, 0.2) is 16.6 Å². The molecule has 5 rings (SSSR count). The van der Waals surface area contributed by atoms with Crippen LogP contribution in [0.1, 0.15) is 11.1 Å². The molecule has 1 unspecified atom stereocenters. The van der Waals surface area contributed by atoms with Gasteiger partial charge in [-0.15, -0.1) is 0 Å². The molecule has 1 fully saturated rings. The highest BCUT2D eigenvalue weighted by atomic mass is 32.1. The zero-order valence-corrected chi connectivity index (χ0v) is 18.6. The number of hydrogen-bond acceptors (Lipinski definition) is 5. The normalized spacial score (nSPS) is 17.1. The van der Waals surface area contributed by atoms with Gasteiger partial charge in [0.2, 0.25) is 0 Å². The quantitative estimate of drug-likeness (QED) is 0.536. The zero-order valence-electron chi connectivity index (χ0n) is 17.8. The molecule has 0 spiro atoms. The van der Waals surface area contributed by atoms with Crippen LogP contribution in [0.3, 0.4) is 0 Å². The van der Waals surface area contributed by atoms with Crippen molar-refractivity contribution in [2.45, 2.75) is 19.0 Å². The molecule has 0 bridgehead atoms. The molecule has 7 heteroatoms. The first-order valence-corrected chi connectivity index (χ1v) is 10.7. The molecule has 0 aliphatic carbocycles. The third kappa shape index (κ3) is 3.44. The van der Waals surface area contributed by atoms with Crippen molar-refractivity contribution in [3.63, 3.8) is 0 Å². The number of anilines is 1. The SMILES string of the molecule is COc1cc2c(cc1OC)CN1C(=S)N(c3ccc(Oc4ccccc4)cc3)C(=O)C1C2. The van der Waals surface area contributed by atoms with Crippen LogP contribution in [-0.4, -0.2) is 36.2 Å². The van der Waals surface area contributed by atoms with E-state index in [4.69, 9.17) is 26.4 Å². The number of rotatable bonds is 5. The standard InChI is InChI=1S/C25H22N2O4S/c1-29-22-13-16-12-21-24(28)27(25(32)26(21)15-17(16)14-23(22)30-2)18-8-10-20(11-9-18)31-19-6-4-3-5-7-19/h3-11,13-14,21H,12,15H2,1-2H3. The second-order valence-corrected chi connectivity index (χ2v) is 8.05. The molecule has 1 atom stereocenters. The number of thiocarbonyl (C=S) groups is 1. The van der Waals surface area contributed by atoms with Crippen LogP contribution in [0.25, 0.3) is 0 Å². The minimum Gasteiger partial charge on any atom is -0.493 e. The minimum atomic E-state index is -0.326. The summed E-state index contributed by atoms with van der Waals surface area (Å²) < 4.78 is 16.7. The predicted molar refractivity (Wildman–Crippen MR) is 126 cm³/mol. The summed E-state index contributed by atoms with van der Waals surface area (Å²) in [4.78, 5) is 16.9. The van der Waals surface area contributed by atoms with Crippen molar-refractivity contribution in [1.82, 2.24) is 4.90 Å². The number of methoxy groups -OCH3 is 2. The third-order valence-corrected chi connectivity index (χ3v) is 6.27. The van der Waals surface area contributed by atoms with Crippen LogP contribution >= 0.6 is 12.2 Å². The first kappa shape index (κ1) is 20.3. The van der Waals surface area contributed by atoms with Crippen LogP contribution in [0.2, 0.25) is 0 Å². The van der Waals surface area contributed by atoms with Crippen molar-refractivity contribution in [2.75, 3.05) is 19.1 Å². The van der Waals surface area contributed by atoms with E-state index in [0.29, 0.717) is 35.3 Å². The maximum Gasteiger partial charge on any atom is 0.256 e. The Morgan fingerprint density at radius 2 is 1.50 bits per heavy atom. The van der Waals surface area contributed by atoms with Crippen molar-refractivity contribution >= 4 is 28.9 Å². The van der Waals surface area contributed by atoms with Gasteiger partial charge >= 0.3 is 0 Å². The number of carbonyl (C=O) groups is 1. The maximum absolute atomic E-state index is 13.3. The van der Waals surface area contributed by atoms with Crippen LogP contribution in [0.5, 0.6) is 23.0 Å². The van der Waals surface area contributed by atoms with Gasteiger partial charge in [-0.05, 0) is 71.9 Å². The monoisotopic (exact) mass is 446 g/mol. The lowest BCUT2D eigenvalue weighted by molar-refractivity contribution is -0.120. The van der Waals surface area contributed by atoms with Crippen LogP contribution in [0, 0.1) is 0 Å². The van der Waals surface area contributed by atoms with E-state index in [0.717, 1.165) is 22.6 Å². The van der Waals surface area contributed by atoms with E-state index >= 15 is 0 Å². The van der Waals surface area contributed by atoms with Gasteiger partial charge in [0, 0.05) is 13.0 Å². The number of para-hydroxylation sites is 1. The number of hydrogen-bond donors (Lipinski definition) is 0. The Kier molecular flexibility index (Phi) is 5.19. The molecule has 2 heterocycles. The van der Waals surface area contributed by atoms with Gasteiger partial charge in [-0.3, -0.25) is 9.69 Å². The van der Waals surface area contributed by atoms with E-state index in [1.54, 1.807) is 19.1 Å². The number of fused-ring (bicyclic) bond motifs is 2. The van der Waals surface area contributed by atoms with Crippen molar-refractivity contribution in [3.8, 4) is 23.0 Å². The molecule has 1 saturated heterocycles. The second kappa shape index (κ2) is 8.16. The average Bonchev–Trinajstić information content (AvgIpc) is 3.07. The van der Waals surface area contributed by atoms with Crippen LogP contribution in [0.4, 0.5) is 5.69 Å². The molecule has 2 aliphatic rings. The highest BCUT2D eigenvalue weighted by molar-refractivity contribution is 7.80. The van der Waals surface area contributed by atoms with Gasteiger partial charge in [-0.2, -0.15) is 0 Å². The number of ether oxygens (including phenoxy) is 3. The van der Waals surface area contributed by atoms with Gasteiger partial charge in [-0.25, -0.2) is 0 Å².